The van der Waals surface area contributed by atoms with Crippen molar-refractivity contribution in [3.8, 4) is 17.6 Å². The quantitative estimate of drug-likeness (QED) is 0.790. The summed E-state index contributed by atoms with van der Waals surface area (Å²) in [5.41, 5.74) is 2.10. The molecule has 0 aliphatic carbocycles. The fourth-order valence-corrected chi connectivity index (χ4v) is 3.55. The number of hydrogen-bond acceptors (Lipinski definition) is 7. The van der Waals surface area contributed by atoms with Crippen LogP contribution in [0.5, 0.6) is 0 Å². The highest BCUT2D eigenvalue weighted by molar-refractivity contribution is 5.59. The highest BCUT2D eigenvalue weighted by atomic mass is 16.5. The maximum Gasteiger partial charge on any atom is 0.257 e. The Morgan fingerprint density at radius 1 is 1.20 bits per heavy atom. The molecule has 2 aliphatic heterocycles. The molecule has 1 aromatic heterocycles. The summed E-state index contributed by atoms with van der Waals surface area (Å²) in [5.74, 6) is 1.40. The van der Waals surface area contributed by atoms with Crippen molar-refractivity contribution in [3.63, 3.8) is 0 Å². The van der Waals surface area contributed by atoms with Crippen LogP contribution in [0.4, 0.5) is 5.69 Å². The van der Waals surface area contributed by atoms with E-state index in [9.17, 15) is 0 Å². The smallest absolute Gasteiger partial charge is 0.257 e. The van der Waals surface area contributed by atoms with Crippen molar-refractivity contribution in [1.82, 2.24) is 15.0 Å². The van der Waals surface area contributed by atoms with Gasteiger partial charge >= 0.3 is 0 Å². The number of nitrogens with zero attached hydrogens (tertiary/aromatic N) is 5. The van der Waals surface area contributed by atoms with Crippen molar-refractivity contribution in [3.05, 3.63) is 30.1 Å². The van der Waals surface area contributed by atoms with Crippen molar-refractivity contribution in [2.75, 3.05) is 38.2 Å². The number of hydrogen-bond donors (Lipinski definition) is 0. The molecule has 0 saturated carbocycles. The predicted molar refractivity (Wildman–Crippen MR) is 91.9 cm³/mol. The Morgan fingerprint density at radius 2 is 2.04 bits per heavy atom. The van der Waals surface area contributed by atoms with Gasteiger partial charge in [0, 0.05) is 50.5 Å². The lowest BCUT2D eigenvalue weighted by atomic mass is 10.1. The number of anilines is 1. The van der Waals surface area contributed by atoms with Crippen molar-refractivity contribution < 1.29 is 9.26 Å². The largest absolute Gasteiger partial charge is 0.380 e. The van der Waals surface area contributed by atoms with Gasteiger partial charge in [0.2, 0.25) is 0 Å². The van der Waals surface area contributed by atoms with Crippen molar-refractivity contribution in [2.45, 2.75) is 24.9 Å². The third-order valence-corrected chi connectivity index (χ3v) is 5.09. The molecule has 2 saturated heterocycles. The highest BCUT2D eigenvalue weighted by Crippen LogP contribution is 2.28. The standard InChI is InChI=1S/C18H21N5O2/c1-24-16-7-9-23(11-16)15-4-2-13(3-5-15)18-20-17(21-25-18)14-6-8-22(10-14)12-19/h2-5,14,16H,6-11H2,1H3. The number of nitriles is 1. The van der Waals surface area contributed by atoms with E-state index in [2.05, 4.69) is 33.4 Å². The van der Waals surface area contributed by atoms with E-state index in [1.165, 1.54) is 5.69 Å². The first-order valence-electron chi connectivity index (χ1n) is 8.63. The molecule has 2 aromatic rings. The average molecular weight is 339 g/mol. The van der Waals surface area contributed by atoms with Gasteiger partial charge in [-0.05, 0) is 37.1 Å². The molecule has 7 nitrogen and oxygen atoms in total. The second-order valence-electron chi connectivity index (χ2n) is 6.63. The van der Waals surface area contributed by atoms with Crippen LogP contribution in [0.2, 0.25) is 0 Å². The fraction of sp³-hybridized carbons (Fsp3) is 0.500. The molecule has 0 spiro atoms. The van der Waals surface area contributed by atoms with E-state index in [1.54, 1.807) is 12.0 Å². The Morgan fingerprint density at radius 3 is 2.72 bits per heavy atom. The van der Waals surface area contributed by atoms with E-state index in [0.29, 0.717) is 24.4 Å². The molecule has 7 heteroatoms. The molecule has 1 aromatic carbocycles. The van der Waals surface area contributed by atoms with E-state index in [-0.39, 0.29) is 5.92 Å². The summed E-state index contributed by atoms with van der Waals surface area (Å²) < 4.78 is 10.9. The van der Waals surface area contributed by atoms with Gasteiger partial charge in [0.25, 0.3) is 5.89 Å². The van der Waals surface area contributed by atoms with Crippen LogP contribution in [-0.4, -0.2) is 54.4 Å². The molecule has 4 rings (SSSR count). The second-order valence-corrected chi connectivity index (χ2v) is 6.63. The molecule has 2 atom stereocenters. The van der Waals surface area contributed by atoms with Crippen molar-refractivity contribution >= 4 is 5.69 Å². The maximum atomic E-state index is 8.96. The van der Waals surface area contributed by atoms with Crippen LogP contribution in [0, 0.1) is 11.5 Å². The Hall–Kier alpha value is -2.59. The Kier molecular flexibility index (Phi) is 4.28. The van der Waals surface area contributed by atoms with E-state index in [1.807, 2.05) is 12.1 Å². The molecule has 0 N–H and O–H groups in total. The van der Waals surface area contributed by atoms with Crippen LogP contribution in [0.3, 0.4) is 0 Å². The Bertz CT molecular complexity index is 767. The Labute approximate surface area is 146 Å². The molecule has 0 radical (unpaired) electrons. The molecule has 25 heavy (non-hydrogen) atoms. The minimum Gasteiger partial charge on any atom is -0.380 e. The first-order valence-corrected chi connectivity index (χ1v) is 8.63. The van der Waals surface area contributed by atoms with Crippen molar-refractivity contribution in [1.29, 1.82) is 5.26 Å². The van der Waals surface area contributed by atoms with E-state index in [0.717, 1.165) is 38.0 Å². The van der Waals surface area contributed by atoms with Crippen LogP contribution in [0.25, 0.3) is 11.5 Å². The third-order valence-electron chi connectivity index (χ3n) is 5.09. The zero-order valence-corrected chi connectivity index (χ0v) is 14.3. The summed E-state index contributed by atoms with van der Waals surface area (Å²) in [5, 5.41) is 13.1. The maximum absolute atomic E-state index is 8.96. The first-order chi connectivity index (χ1) is 12.3. The van der Waals surface area contributed by atoms with Crippen LogP contribution in [0.1, 0.15) is 24.6 Å². The normalized spacial score (nSPS) is 23.2. The van der Waals surface area contributed by atoms with Crippen LogP contribution in [0.15, 0.2) is 28.8 Å². The number of methoxy groups -OCH3 is 1. The zero-order valence-electron chi connectivity index (χ0n) is 14.3. The first kappa shape index (κ1) is 15.9. The third kappa shape index (κ3) is 3.17. The molecule has 2 aliphatic rings. The lowest BCUT2D eigenvalue weighted by Crippen LogP contribution is -2.21. The van der Waals surface area contributed by atoms with Crippen LogP contribution < -0.4 is 4.90 Å². The monoisotopic (exact) mass is 339 g/mol. The Balaban J connectivity index is 1.45. The second kappa shape index (κ2) is 6.73. The average Bonchev–Trinajstić information content (AvgIpc) is 3.41. The number of likely N-dealkylation sites (tertiary alicyclic amines) is 1. The predicted octanol–water partition coefficient (Wildman–Crippen LogP) is 2.23. The lowest BCUT2D eigenvalue weighted by molar-refractivity contribution is 0.121. The van der Waals surface area contributed by atoms with E-state index < -0.39 is 0 Å². The number of aromatic nitrogens is 2. The molecule has 130 valence electrons. The summed E-state index contributed by atoms with van der Waals surface area (Å²) >= 11 is 0. The summed E-state index contributed by atoms with van der Waals surface area (Å²) in [6.45, 7) is 3.37. The van der Waals surface area contributed by atoms with Crippen LogP contribution in [-0.2, 0) is 4.74 Å². The summed E-state index contributed by atoms with van der Waals surface area (Å²) in [7, 11) is 1.77. The van der Waals surface area contributed by atoms with E-state index in [4.69, 9.17) is 14.5 Å². The molecule has 3 heterocycles. The summed E-state index contributed by atoms with van der Waals surface area (Å²) in [6, 6.07) is 8.21. The van der Waals surface area contributed by atoms with Gasteiger partial charge in [-0.25, -0.2) is 0 Å². The fourth-order valence-electron chi connectivity index (χ4n) is 3.55. The number of rotatable bonds is 4. The van der Waals surface area contributed by atoms with Gasteiger partial charge in [0.15, 0.2) is 12.0 Å². The highest BCUT2D eigenvalue weighted by Gasteiger charge is 2.27. The molecule has 2 fully saturated rings. The minimum absolute atomic E-state index is 0.173. The SMILES string of the molecule is COC1CCN(c2ccc(-c3nc(C4CCN(C#N)C4)no3)cc2)C1. The zero-order chi connectivity index (χ0) is 17.2. The molecule has 2 unspecified atom stereocenters. The van der Waals surface area contributed by atoms with Gasteiger partial charge in [-0.2, -0.15) is 10.2 Å². The number of ether oxygens (including phenoxy) is 1. The molecule has 0 bridgehead atoms. The lowest BCUT2D eigenvalue weighted by Gasteiger charge is -2.18. The van der Waals surface area contributed by atoms with Gasteiger partial charge in [-0.1, -0.05) is 5.16 Å². The summed E-state index contributed by atoms with van der Waals surface area (Å²) in [4.78, 5) is 8.60. The molecular weight excluding hydrogens is 318 g/mol. The summed E-state index contributed by atoms with van der Waals surface area (Å²) in [6.07, 6.45) is 4.44. The van der Waals surface area contributed by atoms with E-state index >= 15 is 0 Å². The van der Waals surface area contributed by atoms with Gasteiger partial charge in [0.05, 0.1) is 6.10 Å². The topological polar surface area (TPSA) is 78.4 Å². The van der Waals surface area contributed by atoms with Crippen molar-refractivity contribution in [2.24, 2.45) is 0 Å². The van der Waals surface area contributed by atoms with Gasteiger partial charge in [0.1, 0.15) is 0 Å². The van der Waals surface area contributed by atoms with Gasteiger partial charge < -0.3 is 19.1 Å². The minimum atomic E-state index is 0.173. The van der Waals surface area contributed by atoms with Gasteiger partial charge in [-0.3, -0.25) is 0 Å². The van der Waals surface area contributed by atoms with Crippen LogP contribution >= 0.6 is 0 Å². The molecule has 0 amide bonds. The van der Waals surface area contributed by atoms with Gasteiger partial charge in [-0.15, -0.1) is 0 Å². The number of benzene rings is 1. The molecular formula is C18H21N5O2.